The summed E-state index contributed by atoms with van der Waals surface area (Å²) in [4.78, 5) is 69.2. The number of rotatable bonds is 16. The molecule has 3 heterocycles. The van der Waals surface area contributed by atoms with Crippen LogP contribution in [0.2, 0.25) is 0 Å². The second-order valence-electron chi connectivity index (χ2n) is 24.6. The lowest BCUT2D eigenvalue weighted by Crippen LogP contribution is -2.50. The zero-order chi connectivity index (χ0) is 63.2. The molecule has 3 aliphatic rings. The summed E-state index contributed by atoms with van der Waals surface area (Å²) < 4.78 is 27.8. The van der Waals surface area contributed by atoms with Gasteiger partial charge in [0.1, 0.15) is 30.0 Å². The average Bonchev–Trinajstić information content (AvgIpc) is 2.78. The number of carbonyl (C=O) groups is 5. The molecule has 0 aromatic heterocycles. The molecule has 3 amide bonds. The monoisotopic (exact) mass is 1260 g/mol. The summed E-state index contributed by atoms with van der Waals surface area (Å²) in [6.45, 7) is 27.5. The first-order chi connectivity index (χ1) is 41.4. The highest BCUT2D eigenvalue weighted by Crippen LogP contribution is 2.22. The van der Waals surface area contributed by atoms with Crippen LogP contribution in [-0.2, 0) is 65.7 Å². The average molecular weight is 1260 g/mol. The Morgan fingerprint density at radius 1 is 0.425 bits per heavy atom. The highest BCUT2D eigenvalue weighted by atomic mass is 79.9. The molecule has 474 valence electrons. The molecule has 0 unspecified atom stereocenters. The number of hydrogen-bond donors (Lipinski definition) is 2. The molecule has 0 aliphatic carbocycles. The van der Waals surface area contributed by atoms with Crippen LogP contribution < -0.4 is 20.9 Å². The Morgan fingerprint density at radius 3 is 1.08 bits per heavy atom. The van der Waals surface area contributed by atoms with E-state index in [0.29, 0.717) is 58.8 Å². The number of anilines is 2. The van der Waals surface area contributed by atoms with E-state index in [9.17, 15) is 24.0 Å². The second kappa shape index (κ2) is 36.2. The fraction of sp³-hybridized carbons (Fsp3) is 0.493. The van der Waals surface area contributed by atoms with Gasteiger partial charge < -0.3 is 59.2 Å². The Bertz CT molecular complexity index is 2800. The number of ether oxygens (including phenoxy) is 5. The topological polar surface area (TPSA) is 186 Å². The van der Waals surface area contributed by atoms with Crippen molar-refractivity contribution in [1.82, 2.24) is 20.0 Å². The summed E-state index contributed by atoms with van der Waals surface area (Å²) in [6.07, 6.45) is 4.45. The fourth-order valence-electron chi connectivity index (χ4n) is 9.18. The number of benzene rings is 5. The maximum absolute atomic E-state index is 12.2. The molecule has 17 nitrogen and oxygen atoms in total. The fourth-order valence-corrected chi connectivity index (χ4v) is 9.44. The van der Waals surface area contributed by atoms with Crippen LogP contribution in [0.4, 0.5) is 25.8 Å². The molecule has 5 aromatic carbocycles. The number of piperazine rings is 3. The Labute approximate surface area is 526 Å². The zero-order valence-corrected chi connectivity index (χ0v) is 54.6. The van der Waals surface area contributed by atoms with Gasteiger partial charge in [-0.2, -0.15) is 0 Å². The van der Waals surface area contributed by atoms with Crippen molar-refractivity contribution in [2.24, 2.45) is 5.73 Å². The Morgan fingerprint density at radius 2 is 0.747 bits per heavy atom. The molecule has 3 aliphatic heterocycles. The van der Waals surface area contributed by atoms with Gasteiger partial charge in [0.2, 0.25) is 0 Å². The number of nitrogens with one attached hydrogen (secondary N) is 1. The van der Waals surface area contributed by atoms with Gasteiger partial charge in [0.25, 0.3) is 0 Å². The van der Waals surface area contributed by atoms with Crippen LogP contribution in [0.15, 0.2) is 138 Å². The van der Waals surface area contributed by atoms with Crippen LogP contribution in [0.25, 0.3) is 0 Å². The van der Waals surface area contributed by atoms with Gasteiger partial charge in [-0.15, -0.1) is 0 Å². The second-order valence-corrected chi connectivity index (χ2v) is 25.5. The number of hydrogen-bond acceptors (Lipinski definition) is 14. The van der Waals surface area contributed by atoms with Gasteiger partial charge in [-0.1, -0.05) is 113 Å². The van der Waals surface area contributed by atoms with Crippen molar-refractivity contribution in [3.63, 3.8) is 0 Å². The number of nitrogens with zero attached hydrogens (tertiary/aromatic N) is 5. The summed E-state index contributed by atoms with van der Waals surface area (Å²) in [5.41, 5.74) is 12.4. The van der Waals surface area contributed by atoms with Crippen molar-refractivity contribution in [1.29, 1.82) is 0 Å². The molecule has 5 aromatic rings. The van der Waals surface area contributed by atoms with E-state index in [1.807, 2.05) is 135 Å². The molecule has 18 heteroatoms. The van der Waals surface area contributed by atoms with Gasteiger partial charge in [-0.05, 0) is 165 Å². The highest BCUT2D eigenvalue weighted by Gasteiger charge is 2.28. The molecule has 0 bridgehead atoms. The van der Waals surface area contributed by atoms with Gasteiger partial charge in [0.05, 0.1) is 0 Å². The van der Waals surface area contributed by atoms with E-state index in [0.717, 1.165) is 106 Å². The smallest absolute Gasteiger partial charge is 0.410 e. The van der Waals surface area contributed by atoms with Crippen molar-refractivity contribution in [3.8, 4) is 0 Å². The van der Waals surface area contributed by atoms with Gasteiger partial charge in [-0.25, -0.2) is 14.4 Å². The van der Waals surface area contributed by atoms with E-state index < -0.39 is 11.2 Å². The van der Waals surface area contributed by atoms with Crippen molar-refractivity contribution in [2.75, 3.05) is 94.9 Å². The highest BCUT2D eigenvalue weighted by molar-refractivity contribution is 9.10. The standard InChI is InChI=1S/C26H34N2O4.C17H17BrO2.C17H27N3O2.C9H18N2O2/c1-26(2,3)32-25(30)28-18-16-27(17-19-28)23-14-12-21(13-15-23)10-7-11-24(29)31-20-22-8-5-4-6-9-22;18-16-11-9-14(10-12-16)7-4-8-17(19)20-13-15-5-2-1-3-6-15;1-17(2,3)22-16(21)20-12-10-19(11-13-20)15-6-4-14(5-7-15)8-9-18;1-9(2,3)13-8(12)11-6-4-10-5-7-11/h4-6,8-9,12-15H,7,10-11,16-20H2,1-3H3;1-3,5-6,9-12H,4,7-8,13H2;4-7H,8-13,18H2,1-3H3;10H,4-7H2,1-3H3. The first-order valence-electron chi connectivity index (χ1n) is 30.6. The van der Waals surface area contributed by atoms with Crippen molar-refractivity contribution in [3.05, 3.63) is 166 Å². The van der Waals surface area contributed by atoms with Gasteiger partial charge in [-0.3, -0.25) is 9.59 Å². The summed E-state index contributed by atoms with van der Waals surface area (Å²) in [7, 11) is 0. The number of esters is 2. The van der Waals surface area contributed by atoms with Crippen LogP contribution >= 0.6 is 15.9 Å². The van der Waals surface area contributed by atoms with Crippen LogP contribution in [-0.4, -0.2) is 147 Å². The molecular formula is C69H96BrN7O10. The largest absolute Gasteiger partial charge is 0.461 e. The minimum absolute atomic E-state index is 0.133. The molecule has 0 radical (unpaired) electrons. The van der Waals surface area contributed by atoms with E-state index in [4.69, 9.17) is 29.4 Å². The third-order valence-corrected chi connectivity index (χ3v) is 14.3. The van der Waals surface area contributed by atoms with E-state index in [1.165, 1.54) is 22.4 Å². The quantitative estimate of drug-likeness (QED) is 0.0702. The molecule has 8 rings (SSSR count). The first-order valence-corrected chi connectivity index (χ1v) is 31.4. The lowest BCUT2D eigenvalue weighted by atomic mass is 10.1. The molecule has 3 N–H and O–H groups in total. The summed E-state index contributed by atoms with van der Waals surface area (Å²) in [5.74, 6) is -0.292. The Hall–Kier alpha value is -7.15. The number of carbonyl (C=O) groups excluding carboxylic acids is 5. The van der Waals surface area contributed by atoms with Crippen LogP contribution in [0.1, 0.15) is 116 Å². The zero-order valence-electron chi connectivity index (χ0n) is 53.0. The maximum atomic E-state index is 12.2. The maximum Gasteiger partial charge on any atom is 0.410 e. The number of nitrogens with two attached hydrogens (primary N) is 1. The Kier molecular flexibility index (Phi) is 29.4. The molecule has 0 atom stereocenters. The number of halogens is 1. The lowest BCUT2D eigenvalue weighted by Gasteiger charge is -2.36. The van der Waals surface area contributed by atoms with Crippen molar-refractivity contribution >= 4 is 57.5 Å². The minimum Gasteiger partial charge on any atom is -0.461 e. The SMILES string of the molecule is CC(C)(C)OC(=O)N1CCN(c2ccc(CCCC(=O)OCc3ccccc3)cc2)CC1.CC(C)(C)OC(=O)N1CCN(c2ccc(CCN)cc2)CC1.CC(C)(C)OC(=O)N1CCNCC1.O=C(CCCc1ccc(Br)cc1)OCc1ccccc1. The number of amides is 3. The predicted octanol–water partition coefficient (Wildman–Crippen LogP) is 12.4. The molecule has 0 saturated carbocycles. The summed E-state index contributed by atoms with van der Waals surface area (Å²) in [5, 5.41) is 3.18. The lowest BCUT2D eigenvalue weighted by molar-refractivity contribution is -0.146. The van der Waals surface area contributed by atoms with Crippen LogP contribution in [0.5, 0.6) is 0 Å². The third kappa shape index (κ3) is 28.9. The Balaban J connectivity index is 0.000000222. The predicted molar refractivity (Wildman–Crippen MR) is 349 cm³/mol. The van der Waals surface area contributed by atoms with E-state index in [-0.39, 0.29) is 35.8 Å². The number of aryl methyl sites for hydroxylation is 2. The van der Waals surface area contributed by atoms with Gasteiger partial charge in [0, 0.05) is 107 Å². The van der Waals surface area contributed by atoms with Gasteiger partial charge >= 0.3 is 30.2 Å². The summed E-state index contributed by atoms with van der Waals surface area (Å²) in [6, 6.07) is 44.6. The van der Waals surface area contributed by atoms with E-state index in [1.54, 1.807) is 14.7 Å². The molecule has 0 spiro atoms. The van der Waals surface area contributed by atoms with E-state index >= 15 is 0 Å². The molecular weight excluding hydrogens is 1170 g/mol. The summed E-state index contributed by atoms with van der Waals surface area (Å²) >= 11 is 3.41. The van der Waals surface area contributed by atoms with Crippen LogP contribution in [0.3, 0.4) is 0 Å². The van der Waals surface area contributed by atoms with E-state index in [2.05, 4.69) is 91.7 Å². The van der Waals surface area contributed by atoms with Crippen LogP contribution in [0, 0.1) is 0 Å². The molecule has 3 saturated heterocycles. The van der Waals surface area contributed by atoms with Crippen molar-refractivity contribution < 1.29 is 47.7 Å². The normalized spacial score (nSPS) is 14.4. The van der Waals surface area contributed by atoms with Crippen molar-refractivity contribution in [2.45, 2.75) is 137 Å². The molecule has 87 heavy (non-hydrogen) atoms. The first kappa shape index (κ1) is 70.6. The minimum atomic E-state index is -0.470. The molecule has 3 fully saturated rings. The van der Waals surface area contributed by atoms with Gasteiger partial charge in [0.15, 0.2) is 0 Å². The third-order valence-electron chi connectivity index (χ3n) is 13.8.